The van der Waals surface area contributed by atoms with Crippen molar-refractivity contribution in [1.82, 2.24) is 5.32 Å². The maximum Gasteiger partial charge on any atom is 0.0370 e. The van der Waals surface area contributed by atoms with Gasteiger partial charge in [-0.3, -0.25) is 0 Å². The zero-order chi connectivity index (χ0) is 16.2. The third-order valence-electron chi connectivity index (χ3n) is 5.69. The molecule has 0 aromatic heterocycles. The van der Waals surface area contributed by atoms with E-state index in [4.69, 9.17) is 0 Å². The van der Waals surface area contributed by atoms with Gasteiger partial charge in [-0.1, -0.05) is 48.9 Å². The fraction of sp³-hybridized carbons (Fsp3) is 0.455. The first kappa shape index (κ1) is 21.1. The number of nitrogens with one attached hydrogen (secondary N) is 1. The summed E-state index contributed by atoms with van der Waals surface area (Å²) in [5, 5.41) is 3.71. The Kier molecular flexibility index (Phi) is 8.27. The van der Waals surface area contributed by atoms with E-state index in [0.717, 1.165) is 6.54 Å². The Morgan fingerprint density at radius 2 is 1.50 bits per heavy atom. The molecule has 1 saturated heterocycles. The van der Waals surface area contributed by atoms with Crippen LogP contribution in [0.5, 0.6) is 0 Å². The molecule has 0 radical (unpaired) electrons. The van der Waals surface area contributed by atoms with E-state index >= 15 is 0 Å². The summed E-state index contributed by atoms with van der Waals surface area (Å²) in [4.78, 5) is 2.66. The minimum absolute atomic E-state index is 0. The van der Waals surface area contributed by atoms with E-state index in [-0.39, 0.29) is 24.8 Å². The predicted octanol–water partition coefficient (Wildman–Crippen LogP) is 5.04. The highest BCUT2D eigenvalue weighted by Gasteiger charge is 2.27. The molecule has 26 heavy (non-hydrogen) atoms. The second-order valence-corrected chi connectivity index (χ2v) is 7.30. The number of rotatable bonds is 5. The average Bonchev–Trinajstić information content (AvgIpc) is 3.07. The number of anilines is 1. The molecule has 0 spiro atoms. The maximum atomic E-state index is 3.71. The highest BCUT2D eigenvalue weighted by molar-refractivity contribution is 5.85. The van der Waals surface area contributed by atoms with Gasteiger partial charge in [-0.05, 0) is 61.9 Å². The summed E-state index contributed by atoms with van der Waals surface area (Å²) in [6.07, 6.45) is 7.69. The first-order valence-electron chi connectivity index (χ1n) is 9.52. The molecule has 1 heterocycles. The summed E-state index contributed by atoms with van der Waals surface area (Å²) in [6.45, 7) is 2.35. The molecular weight excluding hydrogens is 363 g/mol. The molecule has 1 N–H and O–H groups in total. The summed E-state index contributed by atoms with van der Waals surface area (Å²) in [5.41, 5.74) is 4.46. The zero-order valence-corrected chi connectivity index (χ0v) is 16.9. The summed E-state index contributed by atoms with van der Waals surface area (Å²) < 4.78 is 0. The largest absolute Gasteiger partial charge is 0.368 e. The summed E-state index contributed by atoms with van der Waals surface area (Å²) in [5.74, 6) is 0. The molecule has 2 aromatic carbocycles. The maximum absolute atomic E-state index is 3.71. The van der Waals surface area contributed by atoms with Crippen LogP contribution in [0.3, 0.4) is 0 Å². The van der Waals surface area contributed by atoms with Crippen molar-refractivity contribution >= 4 is 30.5 Å². The number of benzene rings is 2. The monoisotopic (exact) mass is 392 g/mol. The van der Waals surface area contributed by atoms with Crippen LogP contribution in [-0.4, -0.2) is 25.2 Å². The van der Waals surface area contributed by atoms with Crippen LogP contribution in [0.4, 0.5) is 5.69 Å². The fourth-order valence-electron chi connectivity index (χ4n) is 4.36. The summed E-state index contributed by atoms with van der Waals surface area (Å²) in [6, 6.07) is 21.3. The van der Waals surface area contributed by atoms with Crippen LogP contribution in [0.15, 0.2) is 54.6 Å². The Bertz CT molecular complexity index is 631. The van der Waals surface area contributed by atoms with Crippen molar-refractivity contribution in [1.29, 1.82) is 0 Å². The third-order valence-corrected chi connectivity index (χ3v) is 5.69. The van der Waals surface area contributed by atoms with Crippen molar-refractivity contribution in [3.63, 3.8) is 0 Å². The summed E-state index contributed by atoms with van der Waals surface area (Å²) in [7, 11) is 0. The molecule has 1 atom stereocenters. The van der Waals surface area contributed by atoms with Gasteiger partial charge in [0.2, 0.25) is 0 Å². The SMILES string of the molecule is Cl.Cl.c1ccc(N(CCC2CCCCN2)C2Cc3ccccc3C2)cc1. The van der Waals surface area contributed by atoms with Gasteiger partial charge in [0, 0.05) is 24.3 Å². The molecule has 1 fully saturated rings. The smallest absolute Gasteiger partial charge is 0.0370 e. The molecule has 1 unspecified atom stereocenters. The first-order valence-corrected chi connectivity index (χ1v) is 9.52. The first-order chi connectivity index (χ1) is 11.9. The van der Waals surface area contributed by atoms with Gasteiger partial charge < -0.3 is 10.2 Å². The summed E-state index contributed by atoms with van der Waals surface area (Å²) >= 11 is 0. The van der Waals surface area contributed by atoms with Gasteiger partial charge >= 0.3 is 0 Å². The van der Waals surface area contributed by atoms with Crippen molar-refractivity contribution in [2.45, 2.75) is 50.6 Å². The van der Waals surface area contributed by atoms with Crippen molar-refractivity contribution in [2.24, 2.45) is 0 Å². The van der Waals surface area contributed by atoms with Gasteiger partial charge in [-0.2, -0.15) is 0 Å². The number of fused-ring (bicyclic) bond motifs is 1. The molecule has 4 rings (SSSR count). The fourth-order valence-corrected chi connectivity index (χ4v) is 4.36. The Hall–Kier alpha value is -1.22. The highest BCUT2D eigenvalue weighted by Crippen LogP contribution is 2.29. The molecule has 4 heteroatoms. The second kappa shape index (κ2) is 10.2. The topological polar surface area (TPSA) is 15.3 Å². The lowest BCUT2D eigenvalue weighted by atomic mass is 10.0. The van der Waals surface area contributed by atoms with Crippen LogP contribution < -0.4 is 10.2 Å². The average molecular weight is 393 g/mol. The van der Waals surface area contributed by atoms with Crippen LogP contribution in [0, 0.1) is 0 Å². The standard InChI is InChI=1S/C22H28N2.2ClH/c1-2-11-21(12-3-1)24(15-13-20-10-6-7-14-23-20)22-16-18-8-4-5-9-19(18)17-22;;/h1-5,8-9,11-12,20,22-23H,6-7,10,13-17H2;2*1H. The molecular formula is C22H30Cl2N2. The minimum Gasteiger partial charge on any atom is -0.368 e. The molecule has 2 nitrogen and oxygen atoms in total. The van der Waals surface area contributed by atoms with E-state index in [1.165, 1.54) is 50.8 Å². The molecule has 0 saturated carbocycles. The van der Waals surface area contributed by atoms with Gasteiger partial charge in [0.05, 0.1) is 0 Å². The zero-order valence-electron chi connectivity index (χ0n) is 15.3. The normalized spacial score (nSPS) is 19.2. The van der Waals surface area contributed by atoms with E-state index in [1.54, 1.807) is 11.1 Å². The van der Waals surface area contributed by atoms with Crippen molar-refractivity contribution in [3.8, 4) is 0 Å². The number of hydrogen-bond donors (Lipinski definition) is 1. The van der Waals surface area contributed by atoms with E-state index in [0.29, 0.717) is 12.1 Å². The van der Waals surface area contributed by atoms with Gasteiger partial charge in [0.25, 0.3) is 0 Å². The molecule has 2 aromatic rings. The molecule has 0 amide bonds. The molecule has 0 bridgehead atoms. The lowest BCUT2D eigenvalue weighted by molar-refractivity contribution is 0.379. The Morgan fingerprint density at radius 3 is 2.12 bits per heavy atom. The van der Waals surface area contributed by atoms with E-state index in [1.807, 2.05) is 0 Å². The second-order valence-electron chi connectivity index (χ2n) is 7.30. The molecule has 2 aliphatic rings. The highest BCUT2D eigenvalue weighted by atomic mass is 35.5. The van der Waals surface area contributed by atoms with Crippen LogP contribution in [0.25, 0.3) is 0 Å². The van der Waals surface area contributed by atoms with Crippen LogP contribution >= 0.6 is 24.8 Å². The van der Waals surface area contributed by atoms with Gasteiger partial charge in [-0.25, -0.2) is 0 Å². The lowest BCUT2D eigenvalue weighted by Crippen LogP contribution is -2.41. The number of halogens is 2. The van der Waals surface area contributed by atoms with E-state index < -0.39 is 0 Å². The molecule has 1 aliphatic heterocycles. The Labute approximate surface area is 170 Å². The lowest BCUT2D eigenvalue weighted by Gasteiger charge is -2.33. The van der Waals surface area contributed by atoms with E-state index in [9.17, 15) is 0 Å². The van der Waals surface area contributed by atoms with Crippen molar-refractivity contribution in [3.05, 3.63) is 65.7 Å². The molecule has 1 aliphatic carbocycles. The quantitative estimate of drug-likeness (QED) is 0.766. The van der Waals surface area contributed by atoms with Crippen molar-refractivity contribution in [2.75, 3.05) is 18.0 Å². The van der Waals surface area contributed by atoms with Gasteiger partial charge in [0.1, 0.15) is 0 Å². The van der Waals surface area contributed by atoms with E-state index in [2.05, 4.69) is 64.8 Å². The predicted molar refractivity (Wildman–Crippen MR) is 116 cm³/mol. The number of para-hydroxylation sites is 1. The Morgan fingerprint density at radius 1 is 0.846 bits per heavy atom. The third kappa shape index (κ3) is 4.94. The number of hydrogen-bond acceptors (Lipinski definition) is 2. The van der Waals surface area contributed by atoms with Gasteiger partial charge in [0.15, 0.2) is 0 Å². The number of nitrogens with zero attached hydrogens (tertiary/aromatic N) is 1. The Balaban J connectivity index is 0.00000121. The minimum atomic E-state index is 0. The van der Waals surface area contributed by atoms with Gasteiger partial charge in [-0.15, -0.1) is 24.8 Å². The van der Waals surface area contributed by atoms with Crippen LogP contribution in [0.2, 0.25) is 0 Å². The number of piperidine rings is 1. The van der Waals surface area contributed by atoms with Crippen LogP contribution in [0.1, 0.15) is 36.8 Å². The van der Waals surface area contributed by atoms with Crippen molar-refractivity contribution < 1.29 is 0 Å². The van der Waals surface area contributed by atoms with Crippen LogP contribution in [-0.2, 0) is 12.8 Å². The molecule has 142 valence electrons.